The fourth-order valence-corrected chi connectivity index (χ4v) is 2.43. The van der Waals surface area contributed by atoms with Crippen LogP contribution in [0.1, 0.15) is 47.1 Å². The Morgan fingerprint density at radius 3 is 2.29 bits per heavy atom. The van der Waals surface area contributed by atoms with E-state index in [1.165, 1.54) is 0 Å². The molecule has 1 aliphatic heterocycles. The molecule has 0 saturated carbocycles. The van der Waals surface area contributed by atoms with Crippen LogP contribution >= 0.6 is 11.6 Å². The van der Waals surface area contributed by atoms with Crippen LogP contribution in [0, 0.1) is 0 Å². The van der Waals surface area contributed by atoms with E-state index in [4.69, 9.17) is 31.2 Å². The smallest absolute Gasteiger partial charge is 0.267 e. The highest BCUT2D eigenvalue weighted by Crippen LogP contribution is 2.44. The third-order valence-corrected chi connectivity index (χ3v) is 3.35. The standard InChI is InChI=1S/C17H24ClNO5/c1-15(2,3)22-21-10-17(24-23-16(4,5)6)13-11(18)8-7-9-12(13)19-14(17)20/h7-9H,10H2,1-6H3,(H,19,20). The molecule has 2 rings (SSSR count). The SMILES string of the molecule is CC(C)(C)OOCC1(OOC(C)(C)C)C(=O)Nc2cccc(Cl)c21. The summed E-state index contributed by atoms with van der Waals surface area (Å²) in [5.41, 5.74) is -1.68. The van der Waals surface area contributed by atoms with E-state index < -0.39 is 22.7 Å². The average molecular weight is 358 g/mol. The molecule has 1 atom stereocenters. The maximum atomic E-state index is 12.7. The van der Waals surface area contributed by atoms with Crippen molar-refractivity contribution >= 4 is 23.2 Å². The number of hydrogen-bond donors (Lipinski definition) is 1. The van der Waals surface area contributed by atoms with Gasteiger partial charge in [-0.05, 0) is 53.7 Å². The van der Waals surface area contributed by atoms with Crippen LogP contribution in [0.4, 0.5) is 5.69 Å². The van der Waals surface area contributed by atoms with Crippen LogP contribution in [0.5, 0.6) is 0 Å². The van der Waals surface area contributed by atoms with E-state index >= 15 is 0 Å². The largest absolute Gasteiger partial charge is 0.323 e. The molecule has 0 aliphatic carbocycles. The second kappa shape index (κ2) is 6.61. The van der Waals surface area contributed by atoms with E-state index in [1.807, 2.05) is 41.5 Å². The lowest BCUT2D eigenvalue weighted by Gasteiger charge is -2.30. The molecule has 0 spiro atoms. The molecule has 1 amide bonds. The third-order valence-electron chi connectivity index (χ3n) is 3.04. The van der Waals surface area contributed by atoms with Crippen molar-refractivity contribution in [3.8, 4) is 0 Å². The number of anilines is 1. The van der Waals surface area contributed by atoms with Gasteiger partial charge >= 0.3 is 0 Å². The van der Waals surface area contributed by atoms with Gasteiger partial charge in [-0.15, -0.1) is 0 Å². The van der Waals surface area contributed by atoms with Crippen molar-refractivity contribution in [2.24, 2.45) is 0 Å². The summed E-state index contributed by atoms with van der Waals surface area (Å²) in [6.45, 7) is 10.7. The zero-order valence-corrected chi connectivity index (χ0v) is 15.6. The Balaban J connectivity index is 2.35. The molecule has 0 saturated heterocycles. The van der Waals surface area contributed by atoms with Crippen molar-refractivity contribution in [2.75, 3.05) is 11.9 Å². The predicted molar refractivity (Wildman–Crippen MR) is 90.5 cm³/mol. The quantitative estimate of drug-likeness (QED) is 0.637. The maximum Gasteiger partial charge on any atom is 0.267 e. The number of carbonyl (C=O) groups is 1. The Morgan fingerprint density at radius 1 is 1.08 bits per heavy atom. The van der Waals surface area contributed by atoms with Crippen molar-refractivity contribution in [3.63, 3.8) is 0 Å². The van der Waals surface area contributed by atoms with Crippen LogP contribution in [0.15, 0.2) is 18.2 Å². The Kier molecular flexibility index (Phi) is 5.28. The first kappa shape index (κ1) is 19.1. The molecule has 0 radical (unpaired) electrons. The summed E-state index contributed by atoms with van der Waals surface area (Å²) in [5.74, 6) is -0.424. The Hall–Kier alpha value is -1.18. The lowest BCUT2D eigenvalue weighted by molar-refractivity contribution is -0.431. The second-order valence-electron chi connectivity index (χ2n) is 7.68. The maximum absolute atomic E-state index is 12.7. The zero-order chi connectivity index (χ0) is 18.2. The molecular formula is C17H24ClNO5. The summed E-state index contributed by atoms with van der Waals surface area (Å²) in [4.78, 5) is 34.3. The number of rotatable bonds is 5. The molecule has 24 heavy (non-hydrogen) atoms. The lowest BCUT2D eigenvalue weighted by atomic mass is 9.96. The predicted octanol–water partition coefficient (Wildman–Crippen LogP) is 3.98. The van der Waals surface area contributed by atoms with Crippen molar-refractivity contribution in [1.29, 1.82) is 0 Å². The molecule has 1 aromatic carbocycles. The van der Waals surface area contributed by atoms with E-state index in [0.29, 0.717) is 16.3 Å². The van der Waals surface area contributed by atoms with E-state index in [2.05, 4.69) is 5.32 Å². The van der Waals surface area contributed by atoms with Gasteiger partial charge in [-0.25, -0.2) is 19.6 Å². The van der Waals surface area contributed by atoms with E-state index in [1.54, 1.807) is 18.2 Å². The number of carbonyl (C=O) groups excluding carboxylic acids is 1. The van der Waals surface area contributed by atoms with Gasteiger partial charge < -0.3 is 5.32 Å². The highest BCUT2D eigenvalue weighted by molar-refractivity contribution is 6.33. The molecule has 7 heteroatoms. The van der Waals surface area contributed by atoms with E-state index in [-0.39, 0.29) is 6.61 Å². The Bertz CT molecular complexity index is 620. The number of hydrogen-bond acceptors (Lipinski definition) is 5. The molecular weight excluding hydrogens is 334 g/mol. The summed E-state index contributed by atoms with van der Waals surface area (Å²) < 4.78 is 0. The van der Waals surface area contributed by atoms with Crippen molar-refractivity contribution in [1.82, 2.24) is 0 Å². The minimum absolute atomic E-state index is 0.205. The highest BCUT2D eigenvalue weighted by Gasteiger charge is 2.53. The van der Waals surface area contributed by atoms with Crippen LogP contribution in [-0.2, 0) is 29.9 Å². The van der Waals surface area contributed by atoms with Crippen molar-refractivity contribution in [2.45, 2.75) is 58.3 Å². The van der Waals surface area contributed by atoms with Crippen LogP contribution < -0.4 is 5.32 Å². The number of fused-ring (bicyclic) bond motifs is 1. The molecule has 6 nitrogen and oxygen atoms in total. The van der Waals surface area contributed by atoms with Gasteiger partial charge in [-0.1, -0.05) is 17.7 Å². The number of benzene rings is 1. The third kappa shape index (κ3) is 4.26. The van der Waals surface area contributed by atoms with Crippen molar-refractivity contribution < 1.29 is 24.3 Å². The first-order valence-corrected chi connectivity index (χ1v) is 8.10. The van der Waals surface area contributed by atoms with Gasteiger partial charge in [0.25, 0.3) is 5.91 Å². The number of amides is 1. The number of nitrogens with one attached hydrogen (secondary N) is 1. The molecule has 1 aliphatic rings. The zero-order valence-electron chi connectivity index (χ0n) is 14.9. The van der Waals surface area contributed by atoms with Gasteiger partial charge in [-0.2, -0.15) is 0 Å². The molecule has 0 bridgehead atoms. The van der Waals surface area contributed by atoms with Gasteiger partial charge in [0.15, 0.2) is 0 Å². The molecule has 0 fully saturated rings. The molecule has 1 unspecified atom stereocenters. The molecule has 1 heterocycles. The molecule has 1 aromatic rings. The summed E-state index contributed by atoms with van der Waals surface area (Å²) in [6.07, 6.45) is 0. The Labute approximate surface area is 147 Å². The topological polar surface area (TPSA) is 66.0 Å². The summed E-state index contributed by atoms with van der Waals surface area (Å²) in [6, 6.07) is 5.17. The van der Waals surface area contributed by atoms with Crippen LogP contribution in [0.2, 0.25) is 5.02 Å². The fourth-order valence-electron chi connectivity index (χ4n) is 2.10. The first-order chi connectivity index (χ1) is 10.9. The highest BCUT2D eigenvalue weighted by atomic mass is 35.5. The molecule has 134 valence electrons. The van der Waals surface area contributed by atoms with Gasteiger partial charge in [0.1, 0.15) is 6.61 Å². The normalized spacial score (nSPS) is 20.9. The van der Waals surface area contributed by atoms with Crippen LogP contribution in [0.25, 0.3) is 0 Å². The second-order valence-corrected chi connectivity index (χ2v) is 8.09. The summed E-state index contributed by atoms with van der Waals surface area (Å²) >= 11 is 6.31. The van der Waals surface area contributed by atoms with Gasteiger partial charge in [0.05, 0.1) is 11.2 Å². The summed E-state index contributed by atoms with van der Waals surface area (Å²) in [7, 11) is 0. The first-order valence-electron chi connectivity index (χ1n) is 7.73. The minimum Gasteiger partial charge on any atom is -0.323 e. The van der Waals surface area contributed by atoms with E-state index in [0.717, 1.165) is 0 Å². The Morgan fingerprint density at radius 2 is 1.71 bits per heavy atom. The van der Waals surface area contributed by atoms with Gasteiger partial charge in [0, 0.05) is 16.3 Å². The lowest BCUT2D eigenvalue weighted by Crippen LogP contribution is -2.44. The minimum atomic E-state index is -1.55. The van der Waals surface area contributed by atoms with Crippen LogP contribution in [0.3, 0.4) is 0 Å². The van der Waals surface area contributed by atoms with Gasteiger partial charge in [-0.3, -0.25) is 4.79 Å². The fraction of sp³-hybridized carbons (Fsp3) is 0.588. The van der Waals surface area contributed by atoms with Gasteiger partial charge in [0.2, 0.25) is 5.60 Å². The molecule has 0 aromatic heterocycles. The average Bonchev–Trinajstić information content (AvgIpc) is 2.68. The van der Waals surface area contributed by atoms with Crippen molar-refractivity contribution in [3.05, 3.63) is 28.8 Å². The van der Waals surface area contributed by atoms with Crippen LogP contribution in [-0.4, -0.2) is 23.7 Å². The number of halogens is 1. The monoisotopic (exact) mass is 357 g/mol. The molecule has 1 N–H and O–H groups in total. The summed E-state index contributed by atoms with van der Waals surface area (Å²) in [5, 5.41) is 3.13. The van der Waals surface area contributed by atoms with E-state index in [9.17, 15) is 4.79 Å².